The van der Waals surface area contributed by atoms with Crippen LogP contribution in [0.5, 0.6) is 0 Å². The lowest BCUT2D eigenvalue weighted by atomic mass is 9.80. The van der Waals surface area contributed by atoms with E-state index in [0.29, 0.717) is 25.1 Å². The van der Waals surface area contributed by atoms with Gasteiger partial charge in [-0.25, -0.2) is 0 Å². The first kappa shape index (κ1) is 15.1. The van der Waals surface area contributed by atoms with Crippen molar-refractivity contribution >= 4 is 5.91 Å². The van der Waals surface area contributed by atoms with Gasteiger partial charge in [0, 0.05) is 6.20 Å². The van der Waals surface area contributed by atoms with Gasteiger partial charge in [0.25, 0.3) is 0 Å². The molecule has 1 heterocycles. The number of hydrogen-bond acceptors (Lipinski definition) is 4. The van der Waals surface area contributed by atoms with Crippen LogP contribution in [0.4, 0.5) is 0 Å². The maximum Gasteiger partial charge on any atom is 0.240 e. The average Bonchev–Trinajstić information content (AvgIpc) is 2.45. The van der Waals surface area contributed by atoms with Crippen LogP contribution in [0.3, 0.4) is 0 Å². The molecule has 0 spiro atoms. The minimum Gasteiger partial charge on any atom is -0.349 e. The van der Waals surface area contributed by atoms with Gasteiger partial charge >= 0.3 is 0 Å². The molecule has 0 saturated heterocycles. The number of nitrogens with one attached hydrogen (secondary N) is 1. The molecule has 1 aromatic rings. The van der Waals surface area contributed by atoms with Gasteiger partial charge in [0.1, 0.15) is 5.41 Å². The van der Waals surface area contributed by atoms with Crippen molar-refractivity contribution in [2.75, 3.05) is 0 Å². The minimum atomic E-state index is -0.911. The third-order valence-corrected chi connectivity index (χ3v) is 3.06. The maximum absolute atomic E-state index is 12.3. The van der Waals surface area contributed by atoms with Crippen LogP contribution in [0.1, 0.15) is 45.2 Å². The Morgan fingerprint density at radius 1 is 1.42 bits per heavy atom. The second kappa shape index (κ2) is 7.47. The number of aromatic nitrogens is 2. The lowest BCUT2D eigenvalue weighted by Crippen LogP contribution is -2.39. The van der Waals surface area contributed by atoms with Crippen LogP contribution in [0.15, 0.2) is 18.3 Å². The van der Waals surface area contributed by atoms with Crippen molar-refractivity contribution < 1.29 is 4.79 Å². The third kappa shape index (κ3) is 4.02. The first-order valence-corrected chi connectivity index (χ1v) is 6.64. The van der Waals surface area contributed by atoms with E-state index in [4.69, 9.17) is 0 Å². The highest BCUT2D eigenvalue weighted by Crippen LogP contribution is 2.29. The van der Waals surface area contributed by atoms with Gasteiger partial charge < -0.3 is 5.32 Å². The Morgan fingerprint density at radius 3 is 2.58 bits per heavy atom. The summed E-state index contributed by atoms with van der Waals surface area (Å²) in [5.74, 6) is -0.204. The summed E-state index contributed by atoms with van der Waals surface area (Å²) in [6.07, 6.45) is 4.38. The van der Waals surface area contributed by atoms with Crippen LogP contribution in [0.2, 0.25) is 0 Å². The summed E-state index contributed by atoms with van der Waals surface area (Å²) in [5, 5.41) is 19.8. The number of nitriles is 1. The molecule has 0 aromatic carbocycles. The van der Waals surface area contributed by atoms with E-state index in [-0.39, 0.29) is 5.91 Å². The first-order valence-electron chi connectivity index (χ1n) is 6.64. The summed E-state index contributed by atoms with van der Waals surface area (Å²) in [4.78, 5) is 12.3. The summed E-state index contributed by atoms with van der Waals surface area (Å²) in [5.41, 5.74) is -0.221. The predicted molar refractivity (Wildman–Crippen MR) is 71.7 cm³/mol. The molecular weight excluding hydrogens is 240 g/mol. The number of hydrogen-bond donors (Lipinski definition) is 1. The Hall–Kier alpha value is -1.96. The van der Waals surface area contributed by atoms with Crippen molar-refractivity contribution in [2.45, 2.75) is 46.1 Å². The maximum atomic E-state index is 12.3. The number of rotatable bonds is 7. The van der Waals surface area contributed by atoms with Crippen LogP contribution in [-0.4, -0.2) is 16.1 Å². The number of carbonyl (C=O) groups excluding carboxylic acids is 1. The van der Waals surface area contributed by atoms with Gasteiger partial charge in [0.15, 0.2) is 0 Å². The summed E-state index contributed by atoms with van der Waals surface area (Å²) >= 11 is 0. The van der Waals surface area contributed by atoms with E-state index in [0.717, 1.165) is 12.8 Å². The summed E-state index contributed by atoms with van der Waals surface area (Å²) in [7, 11) is 0. The molecule has 5 heteroatoms. The van der Waals surface area contributed by atoms with Crippen molar-refractivity contribution in [3.8, 4) is 6.07 Å². The lowest BCUT2D eigenvalue weighted by molar-refractivity contribution is -0.129. The molecule has 0 saturated carbocycles. The Morgan fingerprint density at radius 2 is 2.11 bits per heavy atom. The summed E-state index contributed by atoms with van der Waals surface area (Å²) < 4.78 is 0. The van der Waals surface area contributed by atoms with Crippen molar-refractivity contribution in [1.82, 2.24) is 15.5 Å². The second-order valence-corrected chi connectivity index (χ2v) is 4.59. The van der Waals surface area contributed by atoms with E-state index in [9.17, 15) is 10.1 Å². The molecule has 1 N–H and O–H groups in total. The molecule has 0 fully saturated rings. The smallest absolute Gasteiger partial charge is 0.240 e. The van der Waals surface area contributed by atoms with Gasteiger partial charge in [-0.2, -0.15) is 15.5 Å². The van der Waals surface area contributed by atoms with E-state index in [1.165, 1.54) is 0 Å². The van der Waals surface area contributed by atoms with Gasteiger partial charge in [-0.3, -0.25) is 4.79 Å². The first-order chi connectivity index (χ1) is 9.18. The minimum absolute atomic E-state index is 0.204. The van der Waals surface area contributed by atoms with Crippen molar-refractivity contribution in [3.05, 3.63) is 24.0 Å². The molecule has 0 aliphatic rings. The monoisotopic (exact) mass is 260 g/mol. The zero-order chi connectivity index (χ0) is 14.1. The van der Waals surface area contributed by atoms with Crippen LogP contribution < -0.4 is 5.32 Å². The molecule has 19 heavy (non-hydrogen) atoms. The Labute approximate surface area is 114 Å². The molecular formula is C14H20N4O. The highest BCUT2D eigenvalue weighted by Gasteiger charge is 2.36. The van der Waals surface area contributed by atoms with Crippen LogP contribution in [-0.2, 0) is 11.3 Å². The zero-order valence-electron chi connectivity index (χ0n) is 11.5. The highest BCUT2D eigenvalue weighted by molar-refractivity contribution is 5.85. The van der Waals surface area contributed by atoms with Crippen LogP contribution in [0, 0.1) is 16.7 Å². The molecule has 1 aromatic heterocycles. The van der Waals surface area contributed by atoms with Crippen molar-refractivity contribution in [1.29, 1.82) is 5.26 Å². The standard InChI is InChI=1S/C14H20N4O/c1-3-7-14(11-15,8-4-2)13(19)16-10-12-6-5-9-17-18-12/h5-6,9H,3-4,7-8,10H2,1-2H3,(H,16,19). The van der Waals surface area contributed by atoms with Crippen molar-refractivity contribution in [3.63, 3.8) is 0 Å². The Bertz CT molecular complexity index is 433. The topological polar surface area (TPSA) is 78.7 Å². The number of nitrogens with zero attached hydrogens (tertiary/aromatic N) is 3. The van der Waals surface area contributed by atoms with Gasteiger partial charge in [-0.1, -0.05) is 26.7 Å². The fourth-order valence-corrected chi connectivity index (χ4v) is 2.14. The van der Waals surface area contributed by atoms with Crippen LogP contribution >= 0.6 is 0 Å². The fraction of sp³-hybridized carbons (Fsp3) is 0.571. The fourth-order valence-electron chi connectivity index (χ4n) is 2.14. The molecule has 0 aliphatic heterocycles. The SMILES string of the molecule is CCCC(C#N)(CCC)C(=O)NCc1cccnn1. The molecule has 1 amide bonds. The molecule has 0 bridgehead atoms. The van der Waals surface area contributed by atoms with E-state index in [1.807, 2.05) is 13.8 Å². The normalized spacial score (nSPS) is 10.8. The molecule has 1 rings (SSSR count). The molecule has 0 unspecified atom stereocenters. The molecule has 102 valence electrons. The quantitative estimate of drug-likeness (QED) is 0.815. The zero-order valence-corrected chi connectivity index (χ0v) is 11.5. The van der Waals surface area contributed by atoms with E-state index < -0.39 is 5.41 Å². The predicted octanol–water partition coefficient (Wildman–Crippen LogP) is 2.20. The van der Waals surface area contributed by atoms with Gasteiger partial charge in [-0.15, -0.1) is 0 Å². The molecule has 0 aliphatic carbocycles. The third-order valence-electron chi connectivity index (χ3n) is 3.06. The van der Waals surface area contributed by atoms with Gasteiger partial charge in [-0.05, 0) is 25.0 Å². The van der Waals surface area contributed by atoms with Crippen molar-refractivity contribution in [2.24, 2.45) is 5.41 Å². The van der Waals surface area contributed by atoms with E-state index in [1.54, 1.807) is 18.3 Å². The average molecular weight is 260 g/mol. The Kier molecular flexibility index (Phi) is 5.94. The number of amides is 1. The van der Waals surface area contributed by atoms with Crippen LogP contribution in [0.25, 0.3) is 0 Å². The van der Waals surface area contributed by atoms with Gasteiger partial charge in [0.2, 0.25) is 5.91 Å². The second-order valence-electron chi connectivity index (χ2n) is 4.59. The largest absolute Gasteiger partial charge is 0.349 e. The molecule has 0 radical (unpaired) electrons. The highest BCUT2D eigenvalue weighted by atomic mass is 16.2. The molecule has 5 nitrogen and oxygen atoms in total. The lowest BCUT2D eigenvalue weighted by Gasteiger charge is -2.24. The van der Waals surface area contributed by atoms with Gasteiger partial charge in [0.05, 0.1) is 18.3 Å². The number of carbonyl (C=O) groups is 1. The summed E-state index contributed by atoms with van der Waals surface area (Å²) in [6.45, 7) is 4.28. The van der Waals surface area contributed by atoms with E-state index in [2.05, 4.69) is 21.6 Å². The molecule has 0 atom stereocenters. The Balaban J connectivity index is 2.70. The van der Waals surface area contributed by atoms with E-state index >= 15 is 0 Å². The summed E-state index contributed by atoms with van der Waals surface area (Å²) in [6, 6.07) is 5.77.